The van der Waals surface area contributed by atoms with Crippen molar-refractivity contribution in [3.63, 3.8) is 0 Å². The highest BCUT2D eigenvalue weighted by molar-refractivity contribution is 8.01. The molecule has 8 heteroatoms. The van der Waals surface area contributed by atoms with Crippen molar-refractivity contribution in [1.82, 2.24) is 10.2 Å². The fourth-order valence-electron chi connectivity index (χ4n) is 4.38. The normalized spacial score (nSPS) is 20.9. The van der Waals surface area contributed by atoms with Crippen LogP contribution in [0.1, 0.15) is 40.7 Å². The topological polar surface area (TPSA) is 67.9 Å². The summed E-state index contributed by atoms with van der Waals surface area (Å²) in [6.07, 6.45) is 0.506. The van der Waals surface area contributed by atoms with E-state index in [1.165, 1.54) is 26.4 Å². The lowest BCUT2D eigenvalue weighted by atomic mass is 10.0. The van der Waals surface area contributed by atoms with Gasteiger partial charge in [-0.1, -0.05) is 18.2 Å². The summed E-state index contributed by atoms with van der Waals surface area (Å²) in [6.45, 7) is 4.30. The summed E-state index contributed by atoms with van der Waals surface area (Å²) in [4.78, 5) is 28.3. The lowest BCUT2D eigenvalue weighted by Crippen LogP contribution is -2.52. The molecule has 164 valence electrons. The maximum Gasteiger partial charge on any atom is 0.260 e. The molecule has 31 heavy (non-hydrogen) atoms. The van der Waals surface area contributed by atoms with Gasteiger partial charge in [-0.2, -0.15) is 0 Å². The average Bonchev–Trinajstić information content (AvgIpc) is 3.16. The van der Waals surface area contributed by atoms with E-state index in [2.05, 4.69) is 5.32 Å². The highest BCUT2D eigenvalue weighted by Crippen LogP contribution is 2.58. The number of halogens is 1. The average molecular weight is 445 g/mol. The number of hydrogen-bond donors (Lipinski definition) is 1. The van der Waals surface area contributed by atoms with Crippen molar-refractivity contribution in [2.75, 3.05) is 20.8 Å². The van der Waals surface area contributed by atoms with Crippen molar-refractivity contribution >= 4 is 23.6 Å². The molecule has 2 amide bonds. The zero-order valence-electron chi connectivity index (χ0n) is 17.9. The van der Waals surface area contributed by atoms with E-state index in [0.717, 1.165) is 11.1 Å². The van der Waals surface area contributed by atoms with Crippen molar-refractivity contribution in [2.24, 2.45) is 0 Å². The van der Waals surface area contributed by atoms with Gasteiger partial charge < -0.3 is 19.7 Å². The molecular formula is C23H25FN2O4S. The molecule has 2 atom stereocenters. The Morgan fingerprint density at radius 2 is 2.00 bits per heavy atom. The Balaban J connectivity index is 1.56. The molecule has 6 nitrogen and oxygen atoms in total. The van der Waals surface area contributed by atoms with Gasteiger partial charge in [-0.05, 0) is 44.0 Å². The zero-order valence-corrected chi connectivity index (χ0v) is 18.7. The Kier molecular flexibility index (Phi) is 5.60. The third-order valence-corrected chi connectivity index (χ3v) is 7.28. The minimum atomic E-state index is -0.648. The standard InChI is InChI=1S/C23H25FN2O4S/c1-23(2)19(20(27)25-11-10-13-6-5-7-14(24)12-13)26-21(28)17-15(22(26)31-23)8-9-16(29-3)18(17)30-4/h5-9,12,19,22H,10-11H2,1-4H3,(H,25,27). The van der Waals surface area contributed by atoms with Crippen LogP contribution in [0.5, 0.6) is 11.5 Å². The SMILES string of the molecule is COc1ccc2c(c1OC)C(=O)N1C2SC(C)(C)C1C(=O)NCCc1cccc(F)c1. The van der Waals surface area contributed by atoms with E-state index in [0.29, 0.717) is 30.0 Å². The van der Waals surface area contributed by atoms with Gasteiger partial charge in [0.05, 0.1) is 19.8 Å². The van der Waals surface area contributed by atoms with Gasteiger partial charge in [0.2, 0.25) is 5.91 Å². The van der Waals surface area contributed by atoms with E-state index in [9.17, 15) is 14.0 Å². The lowest BCUT2D eigenvalue weighted by Gasteiger charge is -2.29. The summed E-state index contributed by atoms with van der Waals surface area (Å²) in [5.74, 6) is 0.117. The quantitative estimate of drug-likeness (QED) is 0.738. The smallest absolute Gasteiger partial charge is 0.260 e. The van der Waals surface area contributed by atoms with E-state index in [1.54, 1.807) is 28.8 Å². The van der Waals surface area contributed by atoms with Crippen LogP contribution in [0.15, 0.2) is 36.4 Å². The molecule has 0 radical (unpaired) electrons. The highest BCUT2D eigenvalue weighted by atomic mass is 32.2. The van der Waals surface area contributed by atoms with Crippen LogP contribution in [-0.2, 0) is 11.2 Å². The molecule has 2 unspecified atom stereocenters. The van der Waals surface area contributed by atoms with Crippen molar-refractivity contribution in [1.29, 1.82) is 0 Å². The Hall–Kier alpha value is -2.74. The number of rotatable bonds is 6. The maximum absolute atomic E-state index is 13.4. The van der Waals surface area contributed by atoms with E-state index in [1.807, 2.05) is 26.0 Å². The summed E-state index contributed by atoms with van der Waals surface area (Å²) in [5, 5.41) is 2.67. The number of hydrogen-bond acceptors (Lipinski definition) is 5. The number of benzene rings is 2. The van der Waals surface area contributed by atoms with Gasteiger partial charge in [0.15, 0.2) is 11.5 Å². The number of fused-ring (bicyclic) bond motifs is 3. The van der Waals surface area contributed by atoms with Crippen LogP contribution in [-0.4, -0.2) is 48.3 Å². The minimum Gasteiger partial charge on any atom is -0.493 e. The van der Waals surface area contributed by atoms with Crippen LogP contribution in [0.4, 0.5) is 4.39 Å². The molecule has 1 saturated heterocycles. The summed E-state index contributed by atoms with van der Waals surface area (Å²) < 4.78 is 23.7. The summed E-state index contributed by atoms with van der Waals surface area (Å²) in [7, 11) is 3.03. The van der Waals surface area contributed by atoms with Gasteiger partial charge in [-0.25, -0.2) is 4.39 Å². The number of nitrogens with zero attached hydrogens (tertiary/aromatic N) is 1. The second-order valence-corrected chi connectivity index (χ2v) is 9.86. The summed E-state index contributed by atoms with van der Waals surface area (Å²) in [5.41, 5.74) is 2.09. The molecular weight excluding hydrogens is 419 g/mol. The third-order valence-electron chi connectivity index (χ3n) is 5.75. The molecule has 0 bridgehead atoms. The van der Waals surface area contributed by atoms with Crippen molar-refractivity contribution < 1.29 is 23.5 Å². The molecule has 2 aromatic rings. The van der Waals surface area contributed by atoms with Crippen molar-refractivity contribution in [3.05, 3.63) is 58.9 Å². The van der Waals surface area contributed by atoms with E-state index < -0.39 is 10.8 Å². The van der Waals surface area contributed by atoms with Gasteiger partial charge in [0.1, 0.15) is 17.2 Å². The first-order valence-electron chi connectivity index (χ1n) is 10.1. The first-order valence-corrected chi connectivity index (χ1v) is 10.9. The number of carbonyl (C=O) groups is 2. The molecule has 1 fully saturated rings. The second-order valence-electron chi connectivity index (χ2n) is 8.12. The first-order chi connectivity index (χ1) is 14.8. The predicted octanol–water partition coefficient (Wildman–Crippen LogP) is 3.55. The maximum atomic E-state index is 13.4. The van der Waals surface area contributed by atoms with E-state index in [4.69, 9.17) is 9.47 Å². The van der Waals surface area contributed by atoms with Crippen LogP contribution in [0.25, 0.3) is 0 Å². The van der Waals surface area contributed by atoms with E-state index in [-0.39, 0.29) is 23.0 Å². The molecule has 2 aliphatic heterocycles. The molecule has 2 aromatic carbocycles. The van der Waals surface area contributed by atoms with Gasteiger partial charge in [0.25, 0.3) is 5.91 Å². The molecule has 0 saturated carbocycles. The van der Waals surface area contributed by atoms with Crippen LogP contribution >= 0.6 is 11.8 Å². The Labute approximate surface area is 185 Å². The number of thioether (sulfide) groups is 1. The van der Waals surface area contributed by atoms with Gasteiger partial charge in [0, 0.05) is 16.9 Å². The Morgan fingerprint density at radius 3 is 2.68 bits per heavy atom. The molecule has 4 rings (SSSR count). The molecule has 2 aliphatic rings. The third kappa shape index (κ3) is 3.63. The monoisotopic (exact) mass is 444 g/mol. The van der Waals surface area contributed by atoms with Crippen molar-refractivity contribution in [2.45, 2.75) is 36.4 Å². The molecule has 0 aromatic heterocycles. The molecule has 2 heterocycles. The fourth-order valence-corrected chi connectivity index (χ4v) is 5.95. The fraction of sp³-hybridized carbons (Fsp3) is 0.391. The summed E-state index contributed by atoms with van der Waals surface area (Å²) in [6, 6.07) is 9.32. The molecule has 1 N–H and O–H groups in total. The second kappa shape index (κ2) is 8.07. The predicted molar refractivity (Wildman–Crippen MR) is 117 cm³/mol. The number of ether oxygens (including phenoxy) is 2. The Morgan fingerprint density at radius 1 is 1.23 bits per heavy atom. The highest BCUT2D eigenvalue weighted by Gasteiger charge is 2.58. The number of amides is 2. The first kappa shape index (κ1) is 21.5. The number of carbonyl (C=O) groups excluding carboxylic acids is 2. The largest absolute Gasteiger partial charge is 0.493 e. The minimum absolute atomic E-state index is 0.219. The van der Waals surface area contributed by atoms with Gasteiger partial charge in [-0.15, -0.1) is 11.8 Å². The van der Waals surface area contributed by atoms with Crippen LogP contribution in [0.2, 0.25) is 0 Å². The molecule has 0 spiro atoms. The number of nitrogens with one attached hydrogen (secondary N) is 1. The summed E-state index contributed by atoms with van der Waals surface area (Å²) >= 11 is 1.58. The number of methoxy groups -OCH3 is 2. The zero-order chi connectivity index (χ0) is 22.3. The van der Waals surface area contributed by atoms with Crippen LogP contribution in [0.3, 0.4) is 0 Å². The van der Waals surface area contributed by atoms with Crippen LogP contribution < -0.4 is 14.8 Å². The lowest BCUT2D eigenvalue weighted by molar-refractivity contribution is -0.126. The molecule has 0 aliphatic carbocycles. The van der Waals surface area contributed by atoms with Crippen LogP contribution in [0, 0.1) is 5.82 Å². The van der Waals surface area contributed by atoms with Gasteiger partial charge >= 0.3 is 0 Å². The Bertz CT molecular complexity index is 1040. The van der Waals surface area contributed by atoms with Gasteiger partial charge in [-0.3, -0.25) is 9.59 Å². The van der Waals surface area contributed by atoms with E-state index >= 15 is 0 Å². The van der Waals surface area contributed by atoms with Crippen molar-refractivity contribution in [3.8, 4) is 11.5 Å².